The molecule has 0 radical (unpaired) electrons. The summed E-state index contributed by atoms with van der Waals surface area (Å²) in [6.07, 6.45) is 2.07. The Morgan fingerprint density at radius 2 is 1.81 bits per heavy atom. The molecule has 21 heavy (non-hydrogen) atoms. The Labute approximate surface area is 125 Å². The molecule has 0 unspecified atom stereocenters. The third-order valence-corrected chi connectivity index (χ3v) is 3.87. The number of carbonyl (C=O) groups excluding carboxylic acids is 1. The lowest BCUT2D eigenvalue weighted by molar-refractivity contribution is 0.186. The highest BCUT2D eigenvalue weighted by molar-refractivity contribution is 5.93. The van der Waals surface area contributed by atoms with E-state index in [1.807, 2.05) is 4.90 Å². The van der Waals surface area contributed by atoms with Crippen molar-refractivity contribution in [2.45, 2.75) is 19.8 Å². The number of rotatable bonds is 3. The van der Waals surface area contributed by atoms with Crippen molar-refractivity contribution in [3.05, 3.63) is 12.1 Å². The lowest BCUT2D eigenvalue weighted by Crippen LogP contribution is -2.40. The highest BCUT2D eigenvalue weighted by atomic mass is 16.5. The molecule has 0 aliphatic carbocycles. The van der Waals surface area contributed by atoms with Crippen molar-refractivity contribution in [3.63, 3.8) is 0 Å². The van der Waals surface area contributed by atoms with E-state index >= 15 is 0 Å². The number of nitrogens with two attached hydrogens (primary N) is 1. The smallest absolute Gasteiger partial charge is 0.321 e. The Morgan fingerprint density at radius 3 is 2.38 bits per heavy atom. The standard InChI is InChI=1S/C15H23N3O3/c1-10-4-6-18(7-5-10)15(19)17-12-9-14(21-3)13(20-2)8-11(12)16/h8-10H,4-7,16H2,1-3H3,(H,17,19). The molecule has 116 valence electrons. The maximum Gasteiger partial charge on any atom is 0.321 e. The van der Waals surface area contributed by atoms with Gasteiger partial charge in [-0.25, -0.2) is 4.79 Å². The van der Waals surface area contributed by atoms with Gasteiger partial charge in [-0.05, 0) is 18.8 Å². The summed E-state index contributed by atoms with van der Waals surface area (Å²) in [6.45, 7) is 3.77. The van der Waals surface area contributed by atoms with E-state index in [2.05, 4.69) is 12.2 Å². The van der Waals surface area contributed by atoms with Crippen LogP contribution in [0.2, 0.25) is 0 Å². The van der Waals surface area contributed by atoms with Crippen LogP contribution in [0.15, 0.2) is 12.1 Å². The fourth-order valence-electron chi connectivity index (χ4n) is 2.41. The number of likely N-dealkylation sites (tertiary alicyclic amines) is 1. The summed E-state index contributed by atoms with van der Waals surface area (Å²) in [5, 5.41) is 2.85. The largest absolute Gasteiger partial charge is 0.493 e. The first-order chi connectivity index (χ1) is 10.0. The van der Waals surface area contributed by atoms with E-state index in [1.165, 1.54) is 0 Å². The number of ether oxygens (including phenoxy) is 2. The van der Waals surface area contributed by atoms with Gasteiger partial charge in [-0.1, -0.05) is 6.92 Å². The van der Waals surface area contributed by atoms with Crippen LogP contribution >= 0.6 is 0 Å². The fourth-order valence-corrected chi connectivity index (χ4v) is 2.41. The normalized spacial score (nSPS) is 15.7. The maximum atomic E-state index is 12.3. The molecule has 0 saturated carbocycles. The van der Waals surface area contributed by atoms with Crippen LogP contribution in [0.4, 0.5) is 16.2 Å². The van der Waals surface area contributed by atoms with Crippen molar-refractivity contribution in [2.24, 2.45) is 5.92 Å². The SMILES string of the molecule is COc1cc(N)c(NC(=O)N2CCC(C)CC2)cc1OC. The minimum absolute atomic E-state index is 0.124. The Morgan fingerprint density at radius 1 is 1.24 bits per heavy atom. The van der Waals surface area contributed by atoms with Crippen LogP contribution in [0, 0.1) is 5.92 Å². The average Bonchev–Trinajstić information content (AvgIpc) is 2.49. The Bertz CT molecular complexity index is 511. The van der Waals surface area contributed by atoms with E-state index in [9.17, 15) is 4.79 Å². The third-order valence-electron chi connectivity index (χ3n) is 3.87. The average molecular weight is 293 g/mol. The molecule has 0 atom stereocenters. The van der Waals surface area contributed by atoms with Gasteiger partial charge in [0.1, 0.15) is 0 Å². The minimum atomic E-state index is -0.124. The van der Waals surface area contributed by atoms with Gasteiger partial charge in [-0.15, -0.1) is 0 Å². The number of nitrogens with zero attached hydrogens (tertiary/aromatic N) is 1. The Balaban J connectivity index is 2.10. The van der Waals surface area contributed by atoms with Crippen molar-refractivity contribution in [2.75, 3.05) is 38.4 Å². The number of anilines is 2. The second-order valence-electron chi connectivity index (χ2n) is 5.39. The summed E-state index contributed by atoms with van der Waals surface area (Å²) < 4.78 is 10.4. The monoisotopic (exact) mass is 293 g/mol. The summed E-state index contributed by atoms with van der Waals surface area (Å²) in [7, 11) is 3.09. The first kappa shape index (κ1) is 15.3. The predicted octanol–water partition coefficient (Wildman–Crippen LogP) is 2.55. The number of urea groups is 1. The number of nitrogen functional groups attached to an aromatic ring is 1. The molecule has 1 aromatic rings. The molecular formula is C15H23N3O3. The highest BCUT2D eigenvalue weighted by Gasteiger charge is 2.21. The maximum absolute atomic E-state index is 12.3. The van der Waals surface area contributed by atoms with Crippen LogP contribution in [-0.4, -0.2) is 38.2 Å². The zero-order valence-electron chi connectivity index (χ0n) is 12.8. The molecule has 6 nitrogen and oxygen atoms in total. The molecule has 2 rings (SSSR count). The number of hydrogen-bond acceptors (Lipinski definition) is 4. The van der Waals surface area contributed by atoms with Gasteiger partial charge in [0.2, 0.25) is 0 Å². The molecule has 2 amide bonds. The minimum Gasteiger partial charge on any atom is -0.493 e. The van der Waals surface area contributed by atoms with Gasteiger partial charge in [0.25, 0.3) is 0 Å². The van der Waals surface area contributed by atoms with Crippen LogP contribution in [-0.2, 0) is 0 Å². The summed E-state index contributed by atoms with van der Waals surface area (Å²) in [5.41, 5.74) is 6.94. The van der Waals surface area contributed by atoms with E-state index in [0.29, 0.717) is 28.8 Å². The van der Waals surface area contributed by atoms with Crippen molar-refractivity contribution in [1.29, 1.82) is 0 Å². The molecule has 6 heteroatoms. The number of piperidine rings is 1. The molecule has 1 aliphatic heterocycles. The van der Waals surface area contributed by atoms with Crippen LogP contribution in [0.1, 0.15) is 19.8 Å². The molecule has 1 aromatic carbocycles. The van der Waals surface area contributed by atoms with E-state index in [-0.39, 0.29) is 6.03 Å². The van der Waals surface area contributed by atoms with Crippen LogP contribution in [0.3, 0.4) is 0 Å². The molecule has 1 fully saturated rings. The van der Waals surface area contributed by atoms with Crippen molar-refractivity contribution in [3.8, 4) is 11.5 Å². The molecule has 0 spiro atoms. The van der Waals surface area contributed by atoms with Gasteiger partial charge in [0.15, 0.2) is 11.5 Å². The third kappa shape index (κ3) is 3.51. The van der Waals surface area contributed by atoms with Gasteiger partial charge in [-0.3, -0.25) is 0 Å². The summed E-state index contributed by atoms with van der Waals surface area (Å²) >= 11 is 0. The fraction of sp³-hybridized carbons (Fsp3) is 0.533. The topological polar surface area (TPSA) is 76.8 Å². The number of benzene rings is 1. The van der Waals surface area contributed by atoms with Crippen molar-refractivity contribution < 1.29 is 14.3 Å². The number of nitrogens with one attached hydrogen (secondary N) is 1. The summed E-state index contributed by atoms with van der Waals surface area (Å²) in [5.74, 6) is 1.76. The number of hydrogen-bond donors (Lipinski definition) is 2. The van der Waals surface area contributed by atoms with Crippen LogP contribution in [0.25, 0.3) is 0 Å². The molecule has 0 aromatic heterocycles. The second kappa shape index (κ2) is 6.56. The van der Waals surface area contributed by atoms with E-state index in [1.54, 1.807) is 26.4 Å². The molecule has 1 saturated heterocycles. The summed E-state index contributed by atoms with van der Waals surface area (Å²) in [6, 6.07) is 3.20. The molecular weight excluding hydrogens is 270 g/mol. The first-order valence-corrected chi connectivity index (χ1v) is 7.12. The summed E-state index contributed by atoms with van der Waals surface area (Å²) in [4.78, 5) is 14.1. The number of carbonyl (C=O) groups is 1. The van der Waals surface area contributed by atoms with Crippen molar-refractivity contribution in [1.82, 2.24) is 4.90 Å². The van der Waals surface area contributed by atoms with Crippen LogP contribution < -0.4 is 20.5 Å². The van der Waals surface area contributed by atoms with Gasteiger partial charge in [-0.2, -0.15) is 0 Å². The lowest BCUT2D eigenvalue weighted by atomic mass is 10.00. The Kier molecular flexibility index (Phi) is 4.77. The molecule has 1 heterocycles. The predicted molar refractivity (Wildman–Crippen MR) is 82.9 cm³/mol. The van der Waals surface area contributed by atoms with Crippen molar-refractivity contribution >= 4 is 17.4 Å². The quantitative estimate of drug-likeness (QED) is 0.840. The number of methoxy groups -OCH3 is 2. The second-order valence-corrected chi connectivity index (χ2v) is 5.39. The van der Waals surface area contributed by atoms with Crippen LogP contribution in [0.5, 0.6) is 11.5 Å². The zero-order chi connectivity index (χ0) is 15.4. The van der Waals surface area contributed by atoms with Gasteiger partial charge in [0.05, 0.1) is 25.6 Å². The molecule has 1 aliphatic rings. The van der Waals surface area contributed by atoms with E-state index < -0.39 is 0 Å². The zero-order valence-corrected chi connectivity index (χ0v) is 12.8. The van der Waals surface area contributed by atoms with Gasteiger partial charge < -0.3 is 25.4 Å². The van der Waals surface area contributed by atoms with E-state index in [0.717, 1.165) is 25.9 Å². The first-order valence-electron chi connectivity index (χ1n) is 7.12. The highest BCUT2D eigenvalue weighted by Crippen LogP contribution is 2.35. The van der Waals surface area contributed by atoms with E-state index in [4.69, 9.17) is 15.2 Å². The lowest BCUT2D eigenvalue weighted by Gasteiger charge is -2.30. The number of amides is 2. The van der Waals surface area contributed by atoms with Gasteiger partial charge in [0, 0.05) is 25.2 Å². The van der Waals surface area contributed by atoms with Gasteiger partial charge >= 0.3 is 6.03 Å². The molecule has 0 bridgehead atoms. The molecule has 3 N–H and O–H groups in total. The Hall–Kier alpha value is -2.11.